The third-order valence-electron chi connectivity index (χ3n) is 8.63. The van der Waals surface area contributed by atoms with Crippen molar-refractivity contribution in [2.75, 3.05) is 25.7 Å². The SMILES string of the molecule is CCN(C(=O)c1ccc(OC(=O)C2CCC(C(=O)Oc3ccc(OC)cc3/C=C/C(=O)c3ccc(Br)cc3)CC2)cc1)c1ccc(OC)cc1. The molecule has 0 heterocycles. The second-order valence-corrected chi connectivity index (χ2v) is 12.7. The Hall–Kier alpha value is -5.22. The van der Waals surface area contributed by atoms with E-state index in [1.165, 1.54) is 13.2 Å². The van der Waals surface area contributed by atoms with Gasteiger partial charge in [0.2, 0.25) is 0 Å². The van der Waals surface area contributed by atoms with Gasteiger partial charge in [-0.3, -0.25) is 19.2 Å². The average Bonchev–Trinajstić information content (AvgIpc) is 3.15. The fraction of sp³-hybridized carbons (Fsp3) is 0.250. The maximum atomic E-state index is 13.2. The van der Waals surface area contributed by atoms with E-state index in [4.69, 9.17) is 18.9 Å². The van der Waals surface area contributed by atoms with Crippen molar-refractivity contribution in [2.45, 2.75) is 32.6 Å². The lowest BCUT2D eigenvalue weighted by Crippen LogP contribution is -2.31. The van der Waals surface area contributed by atoms with Crippen molar-refractivity contribution < 1.29 is 38.1 Å². The van der Waals surface area contributed by atoms with Crippen LogP contribution in [0.5, 0.6) is 23.0 Å². The van der Waals surface area contributed by atoms with Crippen LogP contribution in [0.2, 0.25) is 0 Å². The first-order valence-electron chi connectivity index (χ1n) is 16.3. The number of ketones is 1. The molecule has 258 valence electrons. The van der Waals surface area contributed by atoms with Gasteiger partial charge in [-0.05, 0) is 136 Å². The molecule has 9 nitrogen and oxygen atoms in total. The lowest BCUT2D eigenvalue weighted by Gasteiger charge is -2.26. The summed E-state index contributed by atoms with van der Waals surface area (Å²) in [7, 11) is 3.12. The molecule has 10 heteroatoms. The van der Waals surface area contributed by atoms with E-state index in [1.54, 1.807) is 96.9 Å². The molecule has 0 aromatic heterocycles. The topological polar surface area (TPSA) is 108 Å². The molecule has 1 fully saturated rings. The van der Waals surface area contributed by atoms with Crippen molar-refractivity contribution >= 4 is 51.3 Å². The van der Waals surface area contributed by atoms with Crippen LogP contribution in [0.4, 0.5) is 5.69 Å². The molecule has 0 N–H and O–H groups in total. The fourth-order valence-corrected chi connectivity index (χ4v) is 6.00. The molecule has 0 radical (unpaired) electrons. The fourth-order valence-electron chi connectivity index (χ4n) is 5.74. The highest BCUT2D eigenvalue weighted by molar-refractivity contribution is 9.10. The van der Waals surface area contributed by atoms with Crippen molar-refractivity contribution in [3.05, 3.63) is 118 Å². The Kier molecular flexibility index (Phi) is 12.2. The molecule has 50 heavy (non-hydrogen) atoms. The van der Waals surface area contributed by atoms with Gasteiger partial charge in [-0.15, -0.1) is 0 Å². The molecule has 0 spiro atoms. The smallest absolute Gasteiger partial charge is 0.314 e. The molecule has 0 saturated heterocycles. The minimum Gasteiger partial charge on any atom is -0.497 e. The lowest BCUT2D eigenvalue weighted by molar-refractivity contribution is -0.145. The zero-order valence-corrected chi connectivity index (χ0v) is 29.7. The normalized spacial score (nSPS) is 15.6. The molecule has 4 aromatic rings. The Morgan fingerprint density at radius 1 is 0.700 bits per heavy atom. The molecule has 0 aliphatic heterocycles. The number of rotatable bonds is 12. The van der Waals surface area contributed by atoms with Gasteiger partial charge in [-0.2, -0.15) is 0 Å². The standard InChI is InChI=1S/C40H38BrNO8/c1-4-42(32-16-20-33(47-2)21-17-32)38(44)27-11-18-34(19-12-27)49-39(45)28-5-7-29(8-6-28)40(46)50-37-24-22-35(48-3)25-30(37)13-23-36(43)26-9-14-31(41)15-10-26/h9-25,28-29H,4-8H2,1-3H3/b23-13+. The van der Waals surface area contributed by atoms with Crippen molar-refractivity contribution in [1.82, 2.24) is 0 Å². The Morgan fingerprint density at radius 3 is 1.82 bits per heavy atom. The molecule has 1 aliphatic carbocycles. The van der Waals surface area contributed by atoms with Crippen molar-refractivity contribution in [3.8, 4) is 23.0 Å². The van der Waals surface area contributed by atoms with Crippen LogP contribution in [-0.4, -0.2) is 44.4 Å². The Bertz CT molecular complexity index is 1840. The number of hydrogen-bond acceptors (Lipinski definition) is 8. The first-order valence-corrected chi connectivity index (χ1v) is 17.1. The third-order valence-corrected chi connectivity index (χ3v) is 9.16. The first-order chi connectivity index (χ1) is 24.2. The van der Waals surface area contributed by atoms with E-state index >= 15 is 0 Å². The summed E-state index contributed by atoms with van der Waals surface area (Å²) in [6.07, 6.45) is 4.91. The van der Waals surface area contributed by atoms with Crippen molar-refractivity contribution in [1.29, 1.82) is 0 Å². The summed E-state index contributed by atoms with van der Waals surface area (Å²) in [5.41, 5.74) is 2.26. The molecule has 0 unspecified atom stereocenters. The van der Waals surface area contributed by atoms with Gasteiger partial charge in [0.1, 0.15) is 23.0 Å². The van der Waals surface area contributed by atoms with E-state index < -0.39 is 5.97 Å². The number of methoxy groups -OCH3 is 2. The third kappa shape index (κ3) is 9.06. The minimum atomic E-state index is -0.396. The predicted molar refractivity (Wildman–Crippen MR) is 194 cm³/mol. The van der Waals surface area contributed by atoms with E-state index in [1.807, 2.05) is 19.1 Å². The Balaban J connectivity index is 1.14. The van der Waals surface area contributed by atoms with E-state index in [2.05, 4.69) is 15.9 Å². The number of carbonyl (C=O) groups is 4. The largest absolute Gasteiger partial charge is 0.497 e. The minimum absolute atomic E-state index is 0.173. The van der Waals surface area contributed by atoms with Gasteiger partial charge in [0, 0.05) is 33.4 Å². The molecule has 0 atom stereocenters. The van der Waals surface area contributed by atoms with Gasteiger partial charge in [-0.1, -0.05) is 15.9 Å². The monoisotopic (exact) mass is 739 g/mol. The lowest BCUT2D eigenvalue weighted by atomic mass is 9.82. The van der Waals surface area contributed by atoms with E-state index in [0.29, 0.717) is 71.9 Å². The van der Waals surface area contributed by atoms with Gasteiger partial charge in [0.25, 0.3) is 5.91 Å². The molecule has 0 bridgehead atoms. The zero-order valence-electron chi connectivity index (χ0n) is 28.1. The summed E-state index contributed by atoms with van der Waals surface area (Å²) < 4.78 is 22.9. The van der Waals surface area contributed by atoms with E-state index in [-0.39, 0.29) is 29.5 Å². The van der Waals surface area contributed by atoms with Crippen LogP contribution in [0.1, 0.15) is 58.9 Å². The maximum Gasteiger partial charge on any atom is 0.314 e. The summed E-state index contributed by atoms with van der Waals surface area (Å²) in [5, 5.41) is 0. The Morgan fingerprint density at radius 2 is 1.24 bits per heavy atom. The number of allylic oxidation sites excluding steroid dienone is 1. The number of nitrogens with zero attached hydrogens (tertiary/aromatic N) is 1. The second kappa shape index (κ2) is 16.9. The Labute approximate surface area is 299 Å². The van der Waals surface area contributed by atoms with E-state index in [0.717, 1.165) is 10.2 Å². The van der Waals surface area contributed by atoms with Crippen LogP contribution < -0.4 is 23.8 Å². The first kappa shape index (κ1) is 36.1. The number of carbonyl (C=O) groups excluding carboxylic acids is 4. The molecule has 4 aromatic carbocycles. The average molecular weight is 741 g/mol. The number of benzene rings is 4. The quantitative estimate of drug-likeness (QED) is 0.0618. The highest BCUT2D eigenvalue weighted by atomic mass is 79.9. The summed E-state index contributed by atoms with van der Waals surface area (Å²) in [5.74, 6) is 0.0230. The van der Waals surface area contributed by atoms with Gasteiger partial charge in [0.05, 0.1) is 26.1 Å². The molecule has 1 amide bonds. The van der Waals surface area contributed by atoms with Crippen molar-refractivity contribution in [3.63, 3.8) is 0 Å². The van der Waals surface area contributed by atoms with Crippen LogP contribution in [0.25, 0.3) is 6.08 Å². The number of halogens is 1. The summed E-state index contributed by atoms with van der Waals surface area (Å²) in [4.78, 5) is 53.8. The zero-order chi connectivity index (χ0) is 35.6. The van der Waals surface area contributed by atoms with Gasteiger partial charge in [0.15, 0.2) is 5.78 Å². The van der Waals surface area contributed by atoms with Gasteiger partial charge < -0.3 is 23.8 Å². The molecular formula is C40H38BrNO8. The predicted octanol–water partition coefficient (Wildman–Crippen LogP) is 8.35. The molecule has 1 saturated carbocycles. The van der Waals surface area contributed by atoms with Crippen LogP contribution in [0, 0.1) is 11.8 Å². The highest BCUT2D eigenvalue weighted by Crippen LogP contribution is 2.33. The summed E-state index contributed by atoms with van der Waals surface area (Å²) in [6, 6.07) is 25.8. The molecule has 5 rings (SSSR count). The number of amides is 1. The van der Waals surface area contributed by atoms with Crippen LogP contribution in [0.15, 0.2) is 102 Å². The van der Waals surface area contributed by atoms with Crippen LogP contribution in [-0.2, 0) is 9.59 Å². The number of esters is 2. The van der Waals surface area contributed by atoms with E-state index in [9.17, 15) is 19.2 Å². The molecular weight excluding hydrogens is 702 g/mol. The number of ether oxygens (including phenoxy) is 4. The number of hydrogen-bond donors (Lipinski definition) is 0. The number of anilines is 1. The summed E-state index contributed by atoms with van der Waals surface area (Å²) >= 11 is 3.37. The second-order valence-electron chi connectivity index (χ2n) is 11.8. The van der Waals surface area contributed by atoms with Gasteiger partial charge >= 0.3 is 11.9 Å². The molecule has 1 aliphatic rings. The van der Waals surface area contributed by atoms with Crippen LogP contribution >= 0.6 is 15.9 Å². The van der Waals surface area contributed by atoms with Crippen LogP contribution in [0.3, 0.4) is 0 Å². The maximum absolute atomic E-state index is 13.2. The highest BCUT2D eigenvalue weighted by Gasteiger charge is 2.32. The summed E-state index contributed by atoms with van der Waals surface area (Å²) in [6.45, 7) is 2.38. The van der Waals surface area contributed by atoms with Crippen molar-refractivity contribution in [2.24, 2.45) is 11.8 Å². The van der Waals surface area contributed by atoms with Gasteiger partial charge in [-0.25, -0.2) is 0 Å².